The van der Waals surface area contributed by atoms with Crippen molar-refractivity contribution in [2.45, 2.75) is 102 Å². The van der Waals surface area contributed by atoms with Crippen molar-refractivity contribution in [3.8, 4) is 0 Å². The highest BCUT2D eigenvalue weighted by Gasteiger charge is 2.56. The quantitative estimate of drug-likeness (QED) is 0.332. The predicted octanol–water partition coefficient (Wildman–Crippen LogP) is 3.84. The Balaban J connectivity index is 1.10. The maximum atomic E-state index is 16.0. The first kappa shape index (κ1) is 33.7. The van der Waals surface area contributed by atoms with E-state index in [1.165, 1.54) is 6.07 Å². The van der Waals surface area contributed by atoms with Gasteiger partial charge in [0.15, 0.2) is 0 Å². The Morgan fingerprint density at radius 3 is 2.35 bits per heavy atom. The molecule has 4 aliphatic carbocycles. The molecule has 1 aromatic carbocycles. The van der Waals surface area contributed by atoms with Crippen LogP contribution in [0, 0.1) is 23.1 Å². The molecule has 1 spiro atoms. The molecule has 4 saturated carbocycles. The van der Waals surface area contributed by atoms with E-state index < -0.39 is 29.2 Å². The lowest BCUT2D eigenvalue weighted by Gasteiger charge is -2.38. The highest BCUT2D eigenvalue weighted by molar-refractivity contribution is 6.01. The smallest absolute Gasteiger partial charge is 0.270 e. The summed E-state index contributed by atoms with van der Waals surface area (Å²) in [7, 11) is 2.03. The van der Waals surface area contributed by atoms with Crippen LogP contribution in [-0.2, 0) is 26.3 Å². The molecule has 3 atom stereocenters. The van der Waals surface area contributed by atoms with Crippen LogP contribution in [0.4, 0.5) is 10.1 Å². The van der Waals surface area contributed by atoms with Crippen molar-refractivity contribution in [3.05, 3.63) is 47.5 Å². The number of carbonyl (C=O) groups excluding carboxylic acids is 4. The summed E-state index contributed by atoms with van der Waals surface area (Å²) < 4.78 is 17.6. The zero-order chi connectivity index (χ0) is 34.3. The molecule has 12 heteroatoms. The monoisotopic (exact) mass is 675 g/mol. The van der Waals surface area contributed by atoms with E-state index in [4.69, 9.17) is 0 Å². The Labute approximate surface area is 287 Å². The van der Waals surface area contributed by atoms with Crippen LogP contribution < -0.4 is 16.0 Å². The molecule has 264 valence electrons. The number of nitrogens with one attached hydrogen (secondary N) is 3. The number of piperazine rings is 1. The van der Waals surface area contributed by atoms with E-state index in [2.05, 4.69) is 25.9 Å². The molecule has 0 bridgehead atoms. The van der Waals surface area contributed by atoms with Gasteiger partial charge in [-0.25, -0.2) is 4.39 Å². The second kappa shape index (κ2) is 13.5. The molecule has 1 aromatic heterocycles. The van der Waals surface area contributed by atoms with Crippen molar-refractivity contribution in [3.63, 3.8) is 0 Å². The second-order valence-corrected chi connectivity index (χ2v) is 15.4. The predicted molar refractivity (Wildman–Crippen MR) is 182 cm³/mol. The van der Waals surface area contributed by atoms with Crippen molar-refractivity contribution >= 4 is 29.3 Å². The normalized spacial score (nSPS) is 24.0. The van der Waals surface area contributed by atoms with Gasteiger partial charge in [-0.3, -0.25) is 23.9 Å². The Morgan fingerprint density at radius 1 is 0.959 bits per heavy atom. The number of carbonyl (C=O) groups is 4. The Kier molecular flexibility index (Phi) is 9.27. The molecule has 4 amide bonds. The van der Waals surface area contributed by atoms with Crippen molar-refractivity contribution in [2.75, 3.05) is 38.5 Å². The summed E-state index contributed by atoms with van der Waals surface area (Å²) in [6.45, 7) is 5.11. The maximum absolute atomic E-state index is 16.0. The average Bonchev–Trinajstić information content (AvgIpc) is 3.98. The van der Waals surface area contributed by atoms with E-state index >= 15 is 4.39 Å². The molecule has 5 fully saturated rings. The van der Waals surface area contributed by atoms with Gasteiger partial charge in [-0.2, -0.15) is 5.10 Å². The lowest BCUT2D eigenvalue weighted by atomic mass is 9.75. The first-order chi connectivity index (χ1) is 23.6. The molecule has 3 N–H and O–H groups in total. The fraction of sp³-hybridized carbons (Fsp3) is 0.649. The van der Waals surface area contributed by atoms with Gasteiger partial charge < -0.3 is 25.8 Å². The number of aryl methyl sites for hydroxylation is 1. The zero-order valence-electron chi connectivity index (χ0n) is 28.8. The molecule has 11 nitrogen and oxygen atoms in total. The molecule has 1 saturated heterocycles. The van der Waals surface area contributed by atoms with Crippen LogP contribution in [0.3, 0.4) is 0 Å². The van der Waals surface area contributed by atoms with E-state index in [1.807, 2.05) is 18.9 Å². The number of nitrogens with zero attached hydrogens (tertiary/aromatic N) is 4. The summed E-state index contributed by atoms with van der Waals surface area (Å²) in [6, 6.07) is 4.78. The van der Waals surface area contributed by atoms with Gasteiger partial charge in [0.25, 0.3) is 5.91 Å². The van der Waals surface area contributed by atoms with E-state index in [0.29, 0.717) is 43.7 Å². The van der Waals surface area contributed by atoms with Crippen LogP contribution in [-0.4, -0.2) is 88.5 Å². The minimum absolute atomic E-state index is 0.0276. The first-order valence-corrected chi connectivity index (χ1v) is 18.3. The Bertz CT molecular complexity index is 1590. The molecule has 49 heavy (non-hydrogen) atoms. The second-order valence-electron chi connectivity index (χ2n) is 15.4. The lowest BCUT2D eigenvalue weighted by Crippen LogP contribution is -2.59. The summed E-state index contributed by atoms with van der Waals surface area (Å²) >= 11 is 0. The molecule has 3 unspecified atom stereocenters. The van der Waals surface area contributed by atoms with Gasteiger partial charge in [-0.05, 0) is 107 Å². The average molecular weight is 676 g/mol. The number of benzene rings is 1. The fourth-order valence-corrected chi connectivity index (χ4v) is 8.40. The topological polar surface area (TPSA) is 129 Å². The lowest BCUT2D eigenvalue weighted by molar-refractivity contribution is -0.140. The number of halogens is 1. The van der Waals surface area contributed by atoms with Crippen LogP contribution in [0.25, 0.3) is 0 Å². The van der Waals surface area contributed by atoms with Gasteiger partial charge in [-0.15, -0.1) is 0 Å². The fourth-order valence-electron chi connectivity index (χ4n) is 8.40. The maximum Gasteiger partial charge on any atom is 0.270 e. The van der Waals surface area contributed by atoms with E-state index in [9.17, 15) is 19.2 Å². The Hall–Kier alpha value is -3.80. The molecule has 0 radical (unpaired) electrons. The van der Waals surface area contributed by atoms with Gasteiger partial charge in [-0.1, -0.05) is 18.9 Å². The van der Waals surface area contributed by atoms with Crippen LogP contribution in [0.15, 0.2) is 30.5 Å². The van der Waals surface area contributed by atoms with Gasteiger partial charge in [0, 0.05) is 50.3 Å². The highest BCUT2D eigenvalue weighted by Crippen LogP contribution is 2.58. The van der Waals surface area contributed by atoms with E-state index in [0.717, 1.165) is 70.9 Å². The molecule has 2 heterocycles. The number of rotatable bonds is 11. The summed E-state index contributed by atoms with van der Waals surface area (Å²) in [5.41, 5.74) is 0.606. The summed E-state index contributed by atoms with van der Waals surface area (Å²) in [5, 5.41) is 13.1. The highest BCUT2D eigenvalue weighted by atomic mass is 19.1. The van der Waals surface area contributed by atoms with Crippen molar-refractivity contribution in [1.82, 2.24) is 30.2 Å². The van der Waals surface area contributed by atoms with E-state index in [1.54, 1.807) is 29.1 Å². The third-order valence-electron chi connectivity index (χ3n) is 12.2. The molecular weight excluding hydrogens is 625 g/mol. The molecule has 7 rings (SSSR count). The number of aromatic nitrogens is 2. The van der Waals surface area contributed by atoms with Gasteiger partial charge in [0.2, 0.25) is 17.7 Å². The number of amides is 4. The third-order valence-corrected chi connectivity index (χ3v) is 12.2. The van der Waals surface area contributed by atoms with Gasteiger partial charge in [0.05, 0.1) is 5.69 Å². The summed E-state index contributed by atoms with van der Waals surface area (Å²) in [5.74, 6) is -1.77. The molecular formula is C37H50FN7O4. The van der Waals surface area contributed by atoms with Crippen LogP contribution in [0.1, 0.15) is 93.6 Å². The third kappa shape index (κ3) is 6.85. The summed E-state index contributed by atoms with van der Waals surface area (Å²) in [6.07, 6.45) is 11.6. The molecule has 2 aromatic rings. The number of likely N-dealkylation sites (N-methyl/N-ethyl adjacent to an activating group) is 1. The number of hydrogen-bond acceptors (Lipinski definition) is 6. The van der Waals surface area contributed by atoms with Crippen molar-refractivity contribution in [1.29, 1.82) is 0 Å². The van der Waals surface area contributed by atoms with Crippen LogP contribution >= 0.6 is 0 Å². The summed E-state index contributed by atoms with van der Waals surface area (Å²) in [4.78, 5) is 58.6. The molecule has 5 aliphatic rings. The van der Waals surface area contributed by atoms with Crippen LogP contribution in [0.5, 0.6) is 0 Å². The van der Waals surface area contributed by atoms with Gasteiger partial charge in [0.1, 0.15) is 23.6 Å². The van der Waals surface area contributed by atoms with E-state index in [-0.39, 0.29) is 40.7 Å². The molecule has 1 aliphatic heterocycles. The Morgan fingerprint density at radius 2 is 1.71 bits per heavy atom. The SMILES string of the molecule is CCn1nccc1C(=O)NC(C(=O)Nc1ccc(C2(C(NC(=O)C3CCC3)C(=O)N3CCN(C)CC3)CC2)cc1F)C1CCCC2(CC2)C1. The van der Waals surface area contributed by atoms with Crippen LogP contribution in [0.2, 0.25) is 0 Å². The van der Waals surface area contributed by atoms with Gasteiger partial charge >= 0.3 is 0 Å². The number of hydrogen-bond donors (Lipinski definition) is 3. The minimum atomic E-state index is -0.827. The number of anilines is 1. The standard InChI is InChI=1S/C37H50FN7O4/c1-3-45-29(11-17-39-45)33(47)41-30(25-8-5-12-36(23-25)13-14-36)34(48)40-28-10-9-26(22-27(28)38)37(15-16-37)31(42-32(46)24-6-4-7-24)35(49)44-20-18-43(2)19-21-44/h9-11,17,22,24-25,30-31H,3-8,12-16,18-21,23H2,1-2H3,(H,40,48)(H,41,47)(H,42,46). The first-order valence-electron chi connectivity index (χ1n) is 18.3. The van der Waals surface area contributed by atoms with Crippen molar-refractivity contribution in [2.24, 2.45) is 17.3 Å². The zero-order valence-corrected chi connectivity index (χ0v) is 28.8. The largest absolute Gasteiger partial charge is 0.343 e. The minimum Gasteiger partial charge on any atom is -0.343 e. The van der Waals surface area contributed by atoms with Crippen molar-refractivity contribution < 1.29 is 23.6 Å².